The van der Waals surface area contributed by atoms with Crippen LogP contribution in [0.3, 0.4) is 0 Å². The molecular formula is C21H22N2O6. The van der Waals surface area contributed by atoms with Gasteiger partial charge in [0.05, 0.1) is 24.8 Å². The minimum Gasteiger partial charge on any atom is -0.465 e. The van der Waals surface area contributed by atoms with E-state index in [9.17, 15) is 19.2 Å². The molecule has 0 saturated carbocycles. The zero-order chi connectivity index (χ0) is 21.4. The minimum absolute atomic E-state index is 0.250. The molecule has 152 valence electrons. The number of carbonyl (C=O) groups excluding carboxylic acids is 4. The first-order valence-electron chi connectivity index (χ1n) is 8.89. The van der Waals surface area contributed by atoms with Gasteiger partial charge in [0.2, 0.25) is 11.8 Å². The lowest BCUT2D eigenvalue weighted by Gasteiger charge is -2.21. The smallest absolute Gasteiger partial charge is 0.338 e. The van der Waals surface area contributed by atoms with Gasteiger partial charge in [-0.3, -0.25) is 9.59 Å². The highest BCUT2D eigenvalue weighted by Crippen LogP contribution is 2.18. The number of benzene rings is 2. The normalized spacial score (nSPS) is 10.0. The highest BCUT2D eigenvalue weighted by atomic mass is 16.5. The molecule has 0 aliphatic carbocycles. The van der Waals surface area contributed by atoms with Crippen LogP contribution in [-0.4, -0.2) is 44.0 Å². The van der Waals surface area contributed by atoms with E-state index in [1.165, 1.54) is 37.1 Å². The Morgan fingerprint density at radius 3 is 2.24 bits per heavy atom. The number of nitrogens with zero attached hydrogens (tertiary/aromatic N) is 1. The minimum atomic E-state index is -0.540. The van der Waals surface area contributed by atoms with Crippen molar-refractivity contribution in [2.45, 2.75) is 13.8 Å². The summed E-state index contributed by atoms with van der Waals surface area (Å²) in [5.41, 5.74) is 1.50. The van der Waals surface area contributed by atoms with Crippen molar-refractivity contribution in [1.29, 1.82) is 0 Å². The van der Waals surface area contributed by atoms with Crippen LogP contribution >= 0.6 is 0 Å². The summed E-state index contributed by atoms with van der Waals surface area (Å²) in [4.78, 5) is 49.1. The largest absolute Gasteiger partial charge is 0.465 e. The van der Waals surface area contributed by atoms with Crippen LogP contribution in [0.25, 0.3) is 0 Å². The van der Waals surface area contributed by atoms with E-state index in [0.717, 1.165) is 0 Å². The summed E-state index contributed by atoms with van der Waals surface area (Å²) in [6, 6.07) is 12.5. The Bertz CT molecular complexity index is 908. The van der Waals surface area contributed by atoms with Crippen molar-refractivity contribution >= 4 is 35.1 Å². The summed E-state index contributed by atoms with van der Waals surface area (Å²) < 4.78 is 9.59. The van der Waals surface area contributed by atoms with Gasteiger partial charge in [-0.05, 0) is 49.4 Å². The summed E-state index contributed by atoms with van der Waals surface area (Å²) >= 11 is 0. The van der Waals surface area contributed by atoms with E-state index in [4.69, 9.17) is 4.74 Å². The molecule has 2 aromatic rings. The van der Waals surface area contributed by atoms with Gasteiger partial charge < -0.3 is 19.7 Å². The fourth-order valence-electron chi connectivity index (χ4n) is 2.55. The highest BCUT2D eigenvalue weighted by molar-refractivity contribution is 6.02. The number of nitrogens with one attached hydrogen (secondary N) is 1. The Kier molecular flexibility index (Phi) is 7.47. The quantitative estimate of drug-likeness (QED) is 0.720. The Morgan fingerprint density at radius 2 is 1.66 bits per heavy atom. The van der Waals surface area contributed by atoms with Crippen LogP contribution < -0.4 is 10.2 Å². The number of carbonyl (C=O) groups is 4. The molecule has 0 atom stereocenters. The number of ether oxygens (including phenoxy) is 2. The predicted molar refractivity (Wildman–Crippen MR) is 107 cm³/mol. The molecule has 0 aliphatic rings. The second-order valence-electron chi connectivity index (χ2n) is 5.99. The van der Waals surface area contributed by atoms with Gasteiger partial charge >= 0.3 is 11.9 Å². The third-order valence-corrected chi connectivity index (χ3v) is 3.94. The van der Waals surface area contributed by atoms with Gasteiger partial charge in [-0.1, -0.05) is 6.07 Å². The summed E-state index contributed by atoms with van der Waals surface area (Å²) in [6.07, 6.45) is 0. The molecule has 0 aliphatic heterocycles. The Labute approximate surface area is 168 Å². The van der Waals surface area contributed by atoms with Crippen LogP contribution in [0.2, 0.25) is 0 Å². The van der Waals surface area contributed by atoms with Gasteiger partial charge in [-0.15, -0.1) is 0 Å². The number of methoxy groups -OCH3 is 1. The molecule has 1 N–H and O–H groups in total. The third-order valence-electron chi connectivity index (χ3n) is 3.94. The van der Waals surface area contributed by atoms with Crippen LogP contribution in [0.5, 0.6) is 0 Å². The first-order valence-corrected chi connectivity index (χ1v) is 8.89. The Balaban J connectivity index is 2.09. The van der Waals surface area contributed by atoms with E-state index in [2.05, 4.69) is 10.1 Å². The molecule has 0 saturated heterocycles. The van der Waals surface area contributed by atoms with Crippen LogP contribution in [0.4, 0.5) is 11.4 Å². The van der Waals surface area contributed by atoms with Crippen molar-refractivity contribution in [3.63, 3.8) is 0 Å². The van der Waals surface area contributed by atoms with Crippen molar-refractivity contribution in [3.05, 3.63) is 59.7 Å². The molecule has 0 bridgehead atoms. The molecule has 2 aromatic carbocycles. The topological polar surface area (TPSA) is 102 Å². The molecule has 0 spiro atoms. The standard InChI is InChI=1S/C21H22N2O6/c1-4-29-21(27)15-8-10-17(11-9-15)22-19(25)13-23(14(2)24)18-7-5-6-16(12-18)20(26)28-3/h5-12H,4,13H2,1-3H3,(H,22,25). The van der Waals surface area contributed by atoms with Gasteiger partial charge in [0.25, 0.3) is 0 Å². The highest BCUT2D eigenvalue weighted by Gasteiger charge is 2.18. The Hall–Kier alpha value is -3.68. The van der Waals surface area contributed by atoms with Gasteiger partial charge in [-0.2, -0.15) is 0 Å². The molecule has 0 fully saturated rings. The molecule has 29 heavy (non-hydrogen) atoms. The lowest BCUT2D eigenvalue weighted by Crippen LogP contribution is -2.36. The molecule has 0 unspecified atom stereocenters. The van der Waals surface area contributed by atoms with Gasteiger partial charge in [0.1, 0.15) is 6.54 Å². The van der Waals surface area contributed by atoms with Crippen LogP contribution in [-0.2, 0) is 19.1 Å². The molecule has 0 aromatic heterocycles. The van der Waals surface area contributed by atoms with Crippen molar-refractivity contribution in [2.24, 2.45) is 0 Å². The Morgan fingerprint density at radius 1 is 0.966 bits per heavy atom. The molecule has 8 heteroatoms. The van der Waals surface area contributed by atoms with Crippen molar-refractivity contribution in [3.8, 4) is 0 Å². The lowest BCUT2D eigenvalue weighted by molar-refractivity contribution is -0.120. The zero-order valence-corrected chi connectivity index (χ0v) is 16.4. The summed E-state index contributed by atoms with van der Waals surface area (Å²) in [6.45, 7) is 3.06. The maximum Gasteiger partial charge on any atom is 0.338 e. The summed E-state index contributed by atoms with van der Waals surface area (Å²) in [5.74, 6) is -1.78. The van der Waals surface area contributed by atoms with E-state index in [0.29, 0.717) is 16.9 Å². The van der Waals surface area contributed by atoms with Crippen molar-refractivity contribution < 1.29 is 28.7 Å². The molecule has 0 radical (unpaired) electrons. The first kappa shape index (κ1) is 21.6. The van der Waals surface area contributed by atoms with Gasteiger partial charge in [0, 0.05) is 18.3 Å². The van der Waals surface area contributed by atoms with E-state index in [1.54, 1.807) is 37.3 Å². The van der Waals surface area contributed by atoms with Gasteiger partial charge in [0.15, 0.2) is 0 Å². The maximum atomic E-state index is 12.4. The molecule has 2 rings (SSSR count). The van der Waals surface area contributed by atoms with E-state index < -0.39 is 17.8 Å². The SMILES string of the molecule is CCOC(=O)c1ccc(NC(=O)CN(C(C)=O)c2cccc(C(=O)OC)c2)cc1. The number of esters is 2. The molecule has 0 heterocycles. The van der Waals surface area contributed by atoms with E-state index >= 15 is 0 Å². The third kappa shape index (κ3) is 5.90. The van der Waals surface area contributed by atoms with Crippen LogP contribution in [0.15, 0.2) is 48.5 Å². The second-order valence-corrected chi connectivity index (χ2v) is 5.99. The fourth-order valence-corrected chi connectivity index (χ4v) is 2.55. The number of rotatable bonds is 7. The summed E-state index contributed by atoms with van der Waals surface area (Å²) in [5, 5.41) is 2.67. The van der Waals surface area contributed by atoms with Crippen molar-refractivity contribution in [1.82, 2.24) is 0 Å². The molecule has 2 amide bonds. The maximum absolute atomic E-state index is 12.4. The fraction of sp³-hybridized carbons (Fsp3) is 0.238. The second kappa shape index (κ2) is 10.0. The average Bonchev–Trinajstić information content (AvgIpc) is 2.72. The average molecular weight is 398 g/mol. The summed E-state index contributed by atoms with van der Waals surface area (Å²) in [7, 11) is 1.26. The predicted octanol–water partition coefficient (Wildman–Crippen LogP) is 2.64. The number of amides is 2. The molecule has 8 nitrogen and oxygen atoms in total. The van der Waals surface area contributed by atoms with Crippen LogP contribution in [0.1, 0.15) is 34.6 Å². The van der Waals surface area contributed by atoms with Crippen LogP contribution in [0, 0.1) is 0 Å². The van der Waals surface area contributed by atoms with E-state index in [-0.39, 0.29) is 24.6 Å². The number of hydrogen-bond donors (Lipinski definition) is 1. The number of hydrogen-bond acceptors (Lipinski definition) is 6. The monoisotopic (exact) mass is 398 g/mol. The first-order chi connectivity index (χ1) is 13.8. The zero-order valence-electron chi connectivity index (χ0n) is 16.4. The molecular weight excluding hydrogens is 376 g/mol. The van der Waals surface area contributed by atoms with Crippen molar-refractivity contribution in [2.75, 3.05) is 30.5 Å². The lowest BCUT2D eigenvalue weighted by atomic mass is 10.2. The van der Waals surface area contributed by atoms with Gasteiger partial charge in [-0.25, -0.2) is 9.59 Å². The van der Waals surface area contributed by atoms with E-state index in [1.807, 2.05) is 0 Å². The number of anilines is 2.